The van der Waals surface area contributed by atoms with Crippen molar-refractivity contribution in [1.82, 2.24) is 15.2 Å². The van der Waals surface area contributed by atoms with Crippen LogP contribution in [0.4, 0.5) is 0 Å². The van der Waals surface area contributed by atoms with Gasteiger partial charge in [0.2, 0.25) is 0 Å². The maximum Gasteiger partial charge on any atom is 0.253 e. The lowest BCUT2D eigenvalue weighted by atomic mass is 9.94. The summed E-state index contributed by atoms with van der Waals surface area (Å²) in [6.07, 6.45) is 0.813. The highest BCUT2D eigenvalue weighted by Gasteiger charge is 2.25. The minimum Gasteiger partial charge on any atom is -0.355 e. The highest BCUT2D eigenvalue weighted by atomic mass is 16.1. The number of rotatable bonds is 9. The summed E-state index contributed by atoms with van der Waals surface area (Å²) in [4.78, 5) is 29.5. The zero-order chi connectivity index (χ0) is 17.6. The molecular formula is C18H31N3O2. The zero-order valence-corrected chi connectivity index (χ0v) is 15.3. The van der Waals surface area contributed by atoms with E-state index >= 15 is 0 Å². The summed E-state index contributed by atoms with van der Waals surface area (Å²) < 4.78 is 0. The van der Waals surface area contributed by atoms with Gasteiger partial charge in [0.1, 0.15) is 0 Å². The lowest BCUT2D eigenvalue weighted by molar-refractivity contribution is 0.0946. The number of aromatic nitrogens is 1. The van der Waals surface area contributed by atoms with E-state index in [9.17, 15) is 9.59 Å². The Morgan fingerprint density at radius 2 is 1.78 bits per heavy atom. The Morgan fingerprint density at radius 1 is 1.17 bits per heavy atom. The number of aldehydes is 1. The molecule has 0 aliphatic carbocycles. The molecular weight excluding hydrogens is 290 g/mol. The molecule has 0 radical (unpaired) electrons. The number of aromatic amines is 1. The molecule has 0 bridgehead atoms. The molecule has 1 aromatic rings. The van der Waals surface area contributed by atoms with E-state index in [4.69, 9.17) is 0 Å². The maximum atomic E-state index is 12.7. The van der Waals surface area contributed by atoms with Crippen molar-refractivity contribution in [3.8, 4) is 0 Å². The van der Waals surface area contributed by atoms with Crippen LogP contribution < -0.4 is 5.32 Å². The second-order valence-electron chi connectivity index (χ2n) is 6.45. The number of likely N-dealkylation sites (N-methyl/N-ethyl adjacent to an activating group) is 1. The highest BCUT2D eigenvalue weighted by molar-refractivity contribution is 5.99. The van der Waals surface area contributed by atoms with Gasteiger partial charge in [0, 0.05) is 18.8 Å². The number of nitrogens with one attached hydrogen (secondary N) is 2. The van der Waals surface area contributed by atoms with Crippen LogP contribution in [-0.2, 0) is 0 Å². The van der Waals surface area contributed by atoms with Crippen LogP contribution in [0.25, 0.3) is 0 Å². The smallest absolute Gasteiger partial charge is 0.253 e. The fourth-order valence-corrected chi connectivity index (χ4v) is 2.88. The van der Waals surface area contributed by atoms with Crippen molar-refractivity contribution in [2.24, 2.45) is 0 Å². The summed E-state index contributed by atoms with van der Waals surface area (Å²) in [7, 11) is 0. The van der Waals surface area contributed by atoms with Crippen LogP contribution >= 0.6 is 0 Å². The molecule has 1 aromatic heterocycles. The first-order valence-corrected chi connectivity index (χ1v) is 8.58. The molecule has 2 N–H and O–H groups in total. The Bertz CT molecular complexity index is 529. The quantitative estimate of drug-likeness (QED) is 0.687. The average molecular weight is 321 g/mol. The monoisotopic (exact) mass is 321 g/mol. The van der Waals surface area contributed by atoms with Crippen LogP contribution in [-0.4, -0.2) is 48.3 Å². The molecule has 0 aliphatic heterocycles. The largest absolute Gasteiger partial charge is 0.355 e. The predicted octanol–water partition coefficient (Wildman–Crippen LogP) is 3.15. The summed E-state index contributed by atoms with van der Waals surface area (Å²) in [6.45, 7) is 15.7. The van der Waals surface area contributed by atoms with Crippen LogP contribution in [0.15, 0.2) is 0 Å². The third kappa shape index (κ3) is 4.67. The average Bonchev–Trinajstić information content (AvgIpc) is 2.91. The normalized spacial score (nSPS) is 11.5. The minimum absolute atomic E-state index is 0.0890. The van der Waals surface area contributed by atoms with E-state index in [2.05, 4.69) is 29.0 Å². The van der Waals surface area contributed by atoms with Crippen molar-refractivity contribution in [1.29, 1.82) is 0 Å². The summed E-state index contributed by atoms with van der Waals surface area (Å²) >= 11 is 0. The van der Waals surface area contributed by atoms with Gasteiger partial charge >= 0.3 is 0 Å². The number of carbonyl (C=O) groups excluding carboxylic acids is 2. The molecule has 0 unspecified atom stereocenters. The van der Waals surface area contributed by atoms with E-state index in [1.807, 2.05) is 27.7 Å². The Labute approximate surface area is 139 Å². The van der Waals surface area contributed by atoms with E-state index < -0.39 is 0 Å². The topological polar surface area (TPSA) is 65.2 Å². The molecule has 0 saturated heterocycles. The van der Waals surface area contributed by atoms with Crippen molar-refractivity contribution in [2.45, 2.75) is 53.4 Å². The van der Waals surface area contributed by atoms with Gasteiger partial charge in [-0.3, -0.25) is 9.59 Å². The van der Waals surface area contributed by atoms with Crippen molar-refractivity contribution < 1.29 is 9.59 Å². The molecule has 1 heterocycles. The van der Waals surface area contributed by atoms with Crippen molar-refractivity contribution in [3.05, 3.63) is 22.5 Å². The maximum absolute atomic E-state index is 12.7. The number of carbonyl (C=O) groups is 2. The Kier molecular flexibility index (Phi) is 7.49. The van der Waals surface area contributed by atoms with Crippen LogP contribution in [0.3, 0.4) is 0 Å². The van der Waals surface area contributed by atoms with Gasteiger partial charge in [-0.2, -0.15) is 0 Å². The molecule has 0 atom stereocenters. The van der Waals surface area contributed by atoms with E-state index in [1.165, 1.54) is 0 Å². The van der Waals surface area contributed by atoms with Gasteiger partial charge in [-0.1, -0.05) is 41.5 Å². The van der Waals surface area contributed by atoms with E-state index in [0.29, 0.717) is 17.8 Å². The molecule has 0 fully saturated rings. The number of nitrogens with zero attached hydrogens (tertiary/aromatic N) is 1. The van der Waals surface area contributed by atoms with Crippen LogP contribution in [0.2, 0.25) is 0 Å². The molecule has 1 amide bonds. The number of H-pyrrole nitrogens is 1. The van der Waals surface area contributed by atoms with Gasteiger partial charge in [-0.25, -0.2) is 0 Å². The lowest BCUT2D eigenvalue weighted by Gasteiger charge is -2.18. The first kappa shape index (κ1) is 19.4. The molecule has 5 nitrogen and oxygen atoms in total. The van der Waals surface area contributed by atoms with Gasteiger partial charge in [-0.05, 0) is 30.5 Å². The first-order chi connectivity index (χ1) is 10.9. The van der Waals surface area contributed by atoms with E-state index in [1.54, 1.807) is 0 Å². The van der Waals surface area contributed by atoms with Gasteiger partial charge in [0.25, 0.3) is 5.91 Å². The highest BCUT2D eigenvalue weighted by Crippen LogP contribution is 2.30. The standard InChI is InChI=1S/C18H31N3O2/c1-7-21(8-2)10-9-19-18(23)16-15(12(3)4)14(11-22)20-17(16)13(5)6/h11-13,20H,7-10H2,1-6H3,(H,19,23). The summed E-state index contributed by atoms with van der Waals surface area (Å²) in [5.41, 5.74) is 2.84. The third-order valence-electron chi connectivity index (χ3n) is 4.21. The minimum atomic E-state index is -0.0890. The number of amides is 1. The van der Waals surface area contributed by atoms with Gasteiger partial charge in [0.15, 0.2) is 6.29 Å². The number of hydrogen-bond acceptors (Lipinski definition) is 3. The zero-order valence-electron chi connectivity index (χ0n) is 15.3. The Balaban J connectivity index is 3.02. The second kappa shape index (κ2) is 8.87. The Morgan fingerprint density at radius 3 is 2.22 bits per heavy atom. The summed E-state index contributed by atoms with van der Waals surface area (Å²) in [5, 5.41) is 3.01. The Hall–Kier alpha value is -1.62. The molecule has 130 valence electrons. The third-order valence-corrected chi connectivity index (χ3v) is 4.21. The van der Waals surface area contributed by atoms with Gasteiger partial charge in [0.05, 0.1) is 11.3 Å². The van der Waals surface area contributed by atoms with Gasteiger partial charge < -0.3 is 15.2 Å². The van der Waals surface area contributed by atoms with E-state index in [-0.39, 0.29) is 17.7 Å². The predicted molar refractivity (Wildman–Crippen MR) is 94.5 cm³/mol. The molecule has 23 heavy (non-hydrogen) atoms. The SMILES string of the molecule is CCN(CC)CCNC(=O)c1c(C(C)C)[nH]c(C=O)c1C(C)C. The molecule has 0 spiro atoms. The molecule has 5 heteroatoms. The molecule has 0 aliphatic rings. The molecule has 1 rings (SSSR count). The fraction of sp³-hybridized carbons (Fsp3) is 0.667. The van der Waals surface area contributed by atoms with Crippen molar-refractivity contribution in [2.75, 3.05) is 26.2 Å². The van der Waals surface area contributed by atoms with Gasteiger partial charge in [-0.15, -0.1) is 0 Å². The van der Waals surface area contributed by atoms with Crippen LogP contribution in [0.1, 0.15) is 85.5 Å². The summed E-state index contributed by atoms with van der Waals surface area (Å²) in [5.74, 6) is 0.182. The number of hydrogen-bond donors (Lipinski definition) is 2. The van der Waals surface area contributed by atoms with E-state index in [0.717, 1.165) is 37.2 Å². The fourth-order valence-electron chi connectivity index (χ4n) is 2.88. The molecule has 0 saturated carbocycles. The van der Waals surface area contributed by atoms with Crippen molar-refractivity contribution in [3.63, 3.8) is 0 Å². The lowest BCUT2D eigenvalue weighted by Crippen LogP contribution is -2.35. The van der Waals surface area contributed by atoms with Crippen molar-refractivity contribution >= 4 is 12.2 Å². The summed E-state index contributed by atoms with van der Waals surface area (Å²) in [6, 6.07) is 0. The first-order valence-electron chi connectivity index (χ1n) is 8.58. The molecule has 0 aromatic carbocycles. The van der Waals surface area contributed by atoms with Crippen LogP contribution in [0.5, 0.6) is 0 Å². The second-order valence-corrected chi connectivity index (χ2v) is 6.45. The van der Waals surface area contributed by atoms with Crippen LogP contribution in [0, 0.1) is 0 Å².